The van der Waals surface area contributed by atoms with E-state index in [0.29, 0.717) is 22.4 Å². The van der Waals surface area contributed by atoms with Gasteiger partial charge in [0.1, 0.15) is 12.4 Å². The van der Waals surface area contributed by atoms with Gasteiger partial charge >= 0.3 is 0 Å². The number of hydrogen-bond acceptors (Lipinski definition) is 4. The summed E-state index contributed by atoms with van der Waals surface area (Å²) >= 11 is 15.4. The van der Waals surface area contributed by atoms with Crippen molar-refractivity contribution in [1.29, 1.82) is 0 Å². The molecule has 25 heavy (non-hydrogen) atoms. The summed E-state index contributed by atoms with van der Waals surface area (Å²) in [6.45, 7) is 2.32. The van der Waals surface area contributed by atoms with Gasteiger partial charge in [-0.25, -0.2) is 0 Å². The van der Waals surface area contributed by atoms with Crippen LogP contribution in [-0.4, -0.2) is 0 Å². The van der Waals surface area contributed by atoms with E-state index in [-0.39, 0.29) is 5.43 Å². The highest BCUT2D eigenvalue weighted by atomic mass is 35.5. The van der Waals surface area contributed by atoms with Crippen LogP contribution < -0.4 is 10.2 Å². The highest BCUT2D eigenvalue weighted by Gasteiger charge is 2.16. The van der Waals surface area contributed by atoms with E-state index in [0.717, 1.165) is 29.9 Å². The van der Waals surface area contributed by atoms with Gasteiger partial charge in [-0.05, 0) is 37.3 Å². The predicted octanol–water partition coefficient (Wildman–Crippen LogP) is 6.67. The Kier molecular flexibility index (Phi) is 4.46. The molecule has 0 bridgehead atoms. The Morgan fingerprint density at radius 3 is 2.68 bits per heavy atom. The van der Waals surface area contributed by atoms with Gasteiger partial charge in [0.2, 0.25) is 0 Å². The summed E-state index contributed by atoms with van der Waals surface area (Å²) < 4.78 is 7.91. The minimum atomic E-state index is 0.0644. The Morgan fingerprint density at radius 2 is 1.88 bits per heavy atom. The third-order valence-electron chi connectivity index (χ3n) is 4.00. The molecule has 126 valence electrons. The van der Waals surface area contributed by atoms with E-state index >= 15 is 0 Å². The Bertz CT molecular complexity index is 1160. The smallest absolute Gasteiger partial charge is 0.197 e. The van der Waals surface area contributed by atoms with Crippen LogP contribution in [0.1, 0.15) is 10.4 Å². The van der Waals surface area contributed by atoms with E-state index in [1.165, 1.54) is 0 Å². The topological polar surface area (TPSA) is 26.3 Å². The van der Waals surface area contributed by atoms with Crippen molar-refractivity contribution >= 4 is 65.4 Å². The van der Waals surface area contributed by atoms with Crippen molar-refractivity contribution in [3.8, 4) is 5.75 Å². The van der Waals surface area contributed by atoms with Crippen molar-refractivity contribution in [3.63, 3.8) is 0 Å². The maximum Gasteiger partial charge on any atom is 0.197 e. The average molecular weight is 407 g/mol. The number of hydrogen-bond donors (Lipinski definition) is 0. The third-order valence-corrected chi connectivity index (χ3v) is 6.94. The number of fused-ring (bicyclic) bond motifs is 2. The van der Waals surface area contributed by atoms with Gasteiger partial charge in [-0.15, -0.1) is 22.7 Å². The summed E-state index contributed by atoms with van der Waals surface area (Å²) in [5.74, 6) is 0.557. The van der Waals surface area contributed by atoms with E-state index in [1.807, 2.05) is 31.2 Å². The Morgan fingerprint density at radius 1 is 1.08 bits per heavy atom. The third kappa shape index (κ3) is 3.04. The fourth-order valence-corrected chi connectivity index (χ4v) is 5.84. The lowest BCUT2D eigenvalue weighted by Crippen LogP contribution is -2.05. The van der Waals surface area contributed by atoms with E-state index in [9.17, 15) is 4.79 Å². The van der Waals surface area contributed by atoms with Crippen molar-refractivity contribution < 1.29 is 4.74 Å². The molecule has 0 amide bonds. The van der Waals surface area contributed by atoms with Crippen LogP contribution in [0.25, 0.3) is 19.5 Å². The number of rotatable bonds is 3. The lowest BCUT2D eigenvalue weighted by Gasteiger charge is -2.08. The maximum absolute atomic E-state index is 13.0. The molecule has 0 atom stereocenters. The molecule has 0 radical (unpaired) electrons. The molecule has 2 heterocycles. The summed E-state index contributed by atoms with van der Waals surface area (Å²) in [6.07, 6.45) is 0. The highest BCUT2D eigenvalue weighted by molar-refractivity contribution is 7.40. The molecule has 0 spiro atoms. The van der Waals surface area contributed by atoms with Crippen LogP contribution in [0, 0.1) is 6.92 Å². The lowest BCUT2D eigenvalue weighted by molar-refractivity contribution is 0.307. The van der Waals surface area contributed by atoms with Gasteiger partial charge in [0.05, 0.1) is 14.4 Å². The molecule has 0 fully saturated rings. The molecular weight excluding hydrogens is 395 g/mol. The average Bonchev–Trinajstić information content (AvgIpc) is 2.90. The molecule has 6 heteroatoms. The van der Waals surface area contributed by atoms with E-state index in [1.54, 1.807) is 40.9 Å². The molecule has 0 saturated heterocycles. The van der Waals surface area contributed by atoms with E-state index in [4.69, 9.17) is 27.9 Å². The zero-order chi connectivity index (χ0) is 17.6. The summed E-state index contributed by atoms with van der Waals surface area (Å²) in [6, 6.07) is 12.8. The molecule has 4 rings (SSSR count). The van der Waals surface area contributed by atoms with E-state index in [2.05, 4.69) is 0 Å². The van der Waals surface area contributed by atoms with Crippen LogP contribution in [-0.2, 0) is 6.61 Å². The van der Waals surface area contributed by atoms with Crippen molar-refractivity contribution in [2.75, 3.05) is 0 Å². The highest BCUT2D eigenvalue weighted by Crippen LogP contribution is 2.36. The second kappa shape index (κ2) is 6.61. The number of aryl methyl sites for hydroxylation is 1. The molecule has 2 nitrogen and oxygen atoms in total. The van der Waals surface area contributed by atoms with Gasteiger partial charge in [-0.2, -0.15) is 0 Å². The standard InChI is InChI=1S/C19H12Cl2O2S2/c1-10-13(9-23-15-7-6-11(20)8-14(15)21)17-18(22)12-4-2-3-5-16(12)25-19(17)24-10/h2-8H,9H2,1H3. The SMILES string of the molecule is Cc1sc2sc3ccccc3c(=O)c2c1COc1ccc(Cl)cc1Cl. The lowest BCUT2D eigenvalue weighted by atomic mass is 10.1. The van der Waals surface area contributed by atoms with Crippen molar-refractivity contribution in [2.24, 2.45) is 0 Å². The van der Waals surface area contributed by atoms with Crippen LogP contribution in [0.2, 0.25) is 10.0 Å². The van der Waals surface area contributed by atoms with Crippen LogP contribution in [0.4, 0.5) is 0 Å². The molecule has 2 aromatic heterocycles. The molecule has 0 aliphatic carbocycles. The first-order chi connectivity index (χ1) is 12.0. The molecule has 0 aliphatic rings. The minimum Gasteiger partial charge on any atom is -0.487 e. The van der Waals surface area contributed by atoms with Gasteiger partial charge in [0.25, 0.3) is 0 Å². The summed E-state index contributed by atoms with van der Waals surface area (Å²) in [7, 11) is 0. The van der Waals surface area contributed by atoms with Crippen LogP contribution in [0.15, 0.2) is 47.3 Å². The first kappa shape index (κ1) is 16.9. The van der Waals surface area contributed by atoms with Gasteiger partial charge in [-0.1, -0.05) is 35.3 Å². The van der Waals surface area contributed by atoms with Crippen LogP contribution >= 0.6 is 45.9 Å². The fraction of sp³-hybridized carbons (Fsp3) is 0.105. The van der Waals surface area contributed by atoms with Crippen LogP contribution in [0.5, 0.6) is 5.75 Å². The quantitative estimate of drug-likeness (QED) is 0.379. The summed E-state index contributed by atoms with van der Waals surface area (Å²) in [5.41, 5.74) is 0.993. The van der Waals surface area contributed by atoms with Gasteiger partial charge in [0, 0.05) is 25.5 Å². The number of benzene rings is 2. The molecule has 0 N–H and O–H groups in total. The summed E-state index contributed by atoms with van der Waals surface area (Å²) in [5, 5.41) is 2.53. The maximum atomic E-state index is 13.0. The number of halogens is 2. The molecule has 0 saturated carbocycles. The van der Waals surface area contributed by atoms with Gasteiger partial charge in [-0.3, -0.25) is 4.79 Å². The number of thiophene rings is 1. The molecule has 0 aliphatic heterocycles. The predicted molar refractivity (Wildman–Crippen MR) is 109 cm³/mol. The largest absolute Gasteiger partial charge is 0.487 e. The van der Waals surface area contributed by atoms with Crippen molar-refractivity contribution in [3.05, 3.63) is 73.2 Å². The number of ether oxygens (including phenoxy) is 1. The first-order valence-corrected chi connectivity index (χ1v) is 9.95. The molecule has 0 unspecified atom stereocenters. The Hall–Kier alpha value is -1.59. The molecular formula is C19H12Cl2O2S2. The Labute approximate surface area is 162 Å². The second-order valence-corrected chi connectivity index (χ2v) is 8.97. The first-order valence-electron chi connectivity index (χ1n) is 7.56. The van der Waals surface area contributed by atoms with Crippen molar-refractivity contribution in [1.82, 2.24) is 0 Å². The minimum absolute atomic E-state index is 0.0644. The van der Waals surface area contributed by atoms with E-state index < -0.39 is 0 Å². The fourth-order valence-electron chi connectivity index (χ4n) is 2.75. The molecule has 2 aromatic carbocycles. The molecule has 4 aromatic rings. The van der Waals surface area contributed by atoms with Gasteiger partial charge in [0.15, 0.2) is 5.43 Å². The monoisotopic (exact) mass is 406 g/mol. The van der Waals surface area contributed by atoms with Crippen LogP contribution in [0.3, 0.4) is 0 Å². The zero-order valence-corrected chi connectivity index (χ0v) is 16.3. The van der Waals surface area contributed by atoms with Crippen molar-refractivity contribution in [2.45, 2.75) is 13.5 Å². The Balaban J connectivity index is 1.80. The van der Waals surface area contributed by atoms with Gasteiger partial charge < -0.3 is 4.74 Å². The normalized spacial score (nSPS) is 11.3. The second-order valence-electron chi connectivity index (χ2n) is 5.59. The summed E-state index contributed by atoms with van der Waals surface area (Å²) in [4.78, 5) is 14.0. The zero-order valence-electron chi connectivity index (χ0n) is 13.1.